The third-order valence-electron chi connectivity index (χ3n) is 5.02. The zero-order chi connectivity index (χ0) is 17.9. The number of nitrogens with one attached hydrogen (secondary N) is 1. The summed E-state index contributed by atoms with van der Waals surface area (Å²) in [6.45, 7) is 6.76. The van der Waals surface area contributed by atoms with E-state index in [4.69, 9.17) is 0 Å². The lowest BCUT2D eigenvalue weighted by Gasteiger charge is -2.35. The van der Waals surface area contributed by atoms with Crippen LogP contribution in [0.25, 0.3) is 10.9 Å². The molecule has 6 nitrogen and oxygen atoms in total. The molecule has 0 saturated carbocycles. The van der Waals surface area contributed by atoms with Gasteiger partial charge in [-0.2, -0.15) is 0 Å². The molecule has 6 heteroatoms. The van der Waals surface area contributed by atoms with Gasteiger partial charge in [-0.1, -0.05) is 19.1 Å². The van der Waals surface area contributed by atoms with Crippen molar-refractivity contribution in [1.82, 2.24) is 19.9 Å². The molecule has 0 spiro atoms. The molecular weight excluding hydrogens is 326 g/mol. The van der Waals surface area contributed by atoms with Crippen LogP contribution in [0.15, 0.2) is 47.7 Å². The molecule has 0 amide bonds. The molecule has 0 aliphatic carbocycles. The second kappa shape index (κ2) is 7.25. The maximum absolute atomic E-state index is 12.1. The van der Waals surface area contributed by atoms with Crippen LogP contribution in [-0.2, 0) is 13.0 Å². The minimum Gasteiger partial charge on any atom is -0.353 e. The van der Waals surface area contributed by atoms with E-state index in [0.29, 0.717) is 0 Å². The van der Waals surface area contributed by atoms with Crippen molar-refractivity contribution in [3.63, 3.8) is 0 Å². The van der Waals surface area contributed by atoms with Crippen molar-refractivity contribution in [2.24, 2.45) is 0 Å². The highest BCUT2D eigenvalue weighted by atomic mass is 16.1. The first kappa shape index (κ1) is 16.7. The number of pyridine rings is 1. The van der Waals surface area contributed by atoms with Crippen LogP contribution in [0.3, 0.4) is 0 Å². The Hall–Kier alpha value is -2.73. The van der Waals surface area contributed by atoms with E-state index in [-0.39, 0.29) is 5.56 Å². The molecule has 0 atom stereocenters. The van der Waals surface area contributed by atoms with E-state index in [0.717, 1.165) is 61.4 Å². The van der Waals surface area contributed by atoms with Crippen LogP contribution in [0.2, 0.25) is 0 Å². The first-order chi connectivity index (χ1) is 12.7. The molecule has 0 radical (unpaired) electrons. The maximum Gasteiger partial charge on any atom is 0.251 e. The SMILES string of the molecule is CCc1cc2ccc(CN3CCN(c4cnccn4)CC3)cc2[nH]c1=O. The molecule has 1 aliphatic rings. The highest BCUT2D eigenvalue weighted by Gasteiger charge is 2.18. The molecule has 3 aromatic rings. The fourth-order valence-electron chi connectivity index (χ4n) is 3.50. The Labute approximate surface area is 152 Å². The summed E-state index contributed by atoms with van der Waals surface area (Å²) >= 11 is 0. The van der Waals surface area contributed by atoms with Crippen LogP contribution in [0.4, 0.5) is 5.82 Å². The van der Waals surface area contributed by atoms with Gasteiger partial charge in [0.2, 0.25) is 0 Å². The predicted octanol–water partition coefficient (Wildman–Crippen LogP) is 2.20. The summed E-state index contributed by atoms with van der Waals surface area (Å²) in [5.74, 6) is 0.946. The monoisotopic (exact) mass is 349 g/mol. The highest BCUT2D eigenvalue weighted by molar-refractivity contribution is 5.79. The van der Waals surface area contributed by atoms with Crippen molar-refractivity contribution in [2.45, 2.75) is 19.9 Å². The van der Waals surface area contributed by atoms with Gasteiger partial charge in [0.05, 0.1) is 6.20 Å². The van der Waals surface area contributed by atoms with E-state index in [1.54, 1.807) is 12.4 Å². The lowest BCUT2D eigenvalue weighted by atomic mass is 10.1. The summed E-state index contributed by atoms with van der Waals surface area (Å²) in [6.07, 6.45) is 6.01. The number of benzene rings is 1. The first-order valence-corrected chi connectivity index (χ1v) is 9.11. The van der Waals surface area contributed by atoms with E-state index in [9.17, 15) is 4.79 Å². The van der Waals surface area contributed by atoms with Crippen molar-refractivity contribution in [1.29, 1.82) is 0 Å². The largest absolute Gasteiger partial charge is 0.353 e. The topological polar surface area (TPSA) is 65.1 Å². The third-order valence-corrected chi connectivity index (χ3v) is 5.02. The van der Waals surface area contributed by atoms with Gasteiger partial charge in [0.15, 0.2) is 0 Å². The zero-order valence-electron chi connectivity index (χ0n) is 15.0. The number of H-pyrrole nitrogens is 1. The Morgan fingerprint density at radius 2 is 1.96 bits per heavy atom. The average Bonchev–Trinajstić information content (AvgIpc) is 2.69. The molecule has 4 rings (SSSR count). The Balaban J connectivity index is 1.44. The van der Waals surface area contributed by atoms with E-state index in [1.165, 1.54) is 5.56 Å². The van der Waals surface area contributed by atoms with Crippen LogP contribution in [0.1, 0.15) is 18.1 Å². The highest BCUT2D eigenvalue weighted by Crippen LogP contribution is 2.17. The van der Waals surface area contributed by atoms with Crippen molar-refractivity contribution in [3.8, 4) is 0 Å². The molecule has 0 unspecified atom stereocenters. The fraction of sp³-hybridized carbons (Fsp3) is 0.350. The number of aromatic amines is 1. The Morgan fingerprint density at radius 1 is 1.12 bits per heavy atom. The van der Waals surface area contributed by atoms with Crippen LogP contribution in [0.5, 0.6) is 0 Å². The van der Waals surface area contributed by atoms with Crippen LogP contribution in [-0.4, -0.2) is 46.0 Å². The number of nitrogens with zero attached hydrogens (tertiary/aromatic N) is 4. The molecule has 1 aromatic carbocycles. The van der Waals surface area contributed by atoms with E-state index < -0.39 is 0 Å². The smallest absolute Gasteiger partial charge is 0.251 e. The van der Waals surface area contributed by atoms with Gasteiger partial charge in [-0.05, 0) is 29.5 Å². The van der Waals surface area contributed by atoms with Crippen molar-refractivity contribution < 1.29 is 0 Å². The van der Waals surface area contributed by atoms with Crippen molar-refractivity contribution in [2.75, 3.05) is 31.1 Å². The van der Waals surface area contributed by atoms with Gasteiger partial charge in [0.1, 0.15) is 5.82 Å². The summed E-state index contributed by atoms with van der Waals surface area (Å²) in [4.78, 5) is 28.3. The number of anilines is 1. The molecule has 1 N–H and O–H groups in total. The second-order valence-electron chi connectivity index (χ2n) is 6.73. The molecule has 2 aromatic heterocycles. The first-order valence-electron chi connectivity index (χ1n) is 9.11. The Kier molecular flexibility index (Phi) is 4.67. The summed E-state index contributed by atoms with van der Waals surface area (Å²) in [7, 11) is 0. The third kappa shape index (κ3) is 3.46. The summed E-state index contributed by atoms with van der Waals surface area (Å²) in [6, 6.07) is 8.37. The van der Waals surface area contributed by atoms with Gasteiger partial charge >= 0.3 is 0 Å². The molecule has 1 fully saturated rings. The lowest BCUT2D eigenvalue weighted by molar-refractivity contribution is 0.249. The van der Waals surface area contributed by atoms with Gasteiger partial charge < -0.3 is 9.88 Å². The Bertz CT molecular complexity index is 945. The molecular formula is C20H23N5O. The number of rotatable bonds is 4. The second-order valence-corrected chi connectivity index (χ2v) is 6.73. The number of fused-ring (bicyclic) bond motifs is 1. The molecule has 26 heavy (non-hydrogen) atoms. The number of hydrogen-bond acceptors (Lipinski definition) is 5. The van der Waals surface area contributed by atoms with Gasteiger partial charge in [-0.25, -0.2) is 4.98 Å². The quantitative estimate of drug-likeness (QED) is 0.782. The minimum atomic E-state index is 0.0229. The van der Waals surface area contributed by atoms with E-state index in [2.05, 4.69) is 43.0 Å². The van der Waals surface area contributed by atoms with E-state index >= 15 is 0 Å². The van der Waals surface area contributed by atoms with Gasteiger partial charge in [0, 0.05) is 56.2 Å². The number of piperazine rings is 1. The van der Waals surface area contributed by atoms with Crippen LogP contribution in [0, 0.1) is 0 Å². The molecule has 1 aliphatic heterocycles. The normalized spacial score (nSPS) is 15.5. The number of hydrogen-bond donors (Lipinski definition) is 1. The standard InChI is InChI=1S/C20H23N5O/c1-2-16-12-17-4-3-15(11-18(17)23-20(16)26)14-24-7-9-25(10-8-24)19-13-21-5-6-22-19/h3-6,11-13H,2,7-10,14H2,1H3,(H,23,26). The summed E-state index contributed by atoms with van der Waals surface area (Å²) < 4.78 is 0. The van der Waals surface area contributed by atoms with Crippen LogP contribution < -0.4 is 10.5 Å². The summed E-state index contributed by atoms with van der Waals surface area (Å²) in [5, 5.41) is 1.10. The number of aryl methyl sites for hydroxylation is 1. The maximum atomic E-state index is 12.1. The average molecular weight is 349 g/mol. The van der Waals surface area contributed by atoms with E-state index in [1.807, 2.05) is 19.2 Å². The van der Waals surface area contributed by atoms with Crippen molar-refractivity contribution >= 4 is 16.7 Å². The predicted molar refractivity (Wildman–Crippen MR) is 103 cm³/mol. The summed E-state index contributed by atoms with van der Waals surface area (Å²) in [5.41, 5.74) is 3.01. The van der Waals surface area contributed by atoms with Gasteiger partial charge in [0.25, 0.3) is 5.56 Å². The molecule has 0 bridgehead atoms. The molecule has 3 heterocycles. The molecule has 134 valence electrons. The molecule has 1 saturated heterocycles. The fourth-order valence-corrected chi connectivity index (χ4v) is 3.50. The van der Waals surface area contributed by atoms with Crippen molar-refractivity contribution in [3.05, 3.63) is 64.3 Å². The zero-order valence-corrected chi connectivity index (χ0v) is 15.0. The van der Waals surface area contributed by atoms with Gasteiger partial charge in [-0.15, -0.1) is 0 Å². The van der Waals surface area contributed by atoms with Crippen LogP contribution >= 0.6 is 0 Å². The Morgan fingerprint density at radius 3 is 2.69 bits per heavy atom. The minimum absolute atomic E-state index is 0.0229. The number of aromatic nitrogens is 3. The lowest BCUT2D eigenvalue weighted by Crippen LogP contribution is -2.46. The van der Waals surface area contributed by atoms with Gasteiger partial charge in [-0.3, -0.25) is 14.7 Å².